The summed E-state index contributed by atoms with van der Waals surface area (Å²) in [7, 11) is 0. The Morgan fingerprint density at radius 3 is 1.27 bits per heavy atom. The molecule has 0 unspecified atom stereocenters. The maximum atomic E-state index is 9.69. The summed E-state index contributed by atoms with van der Waals surface area (Å²) >= 11 is 3.05. The average molecular weight is 429 g/mol. The number of hydrogen-bond donors (Lipinski definition) is 0. The van der Waals surface area contributed by atoms with E-state index in [0.29, 0.717) is 10.4 Å². The fourth-order valence-corrected chi connectivity index (χ4v) is 5.91. The zero-order valence-electron chi connectivity index (χ0n) is 17.8. The molecule has 2 aromatic heterocycles. The van der Waals surface area contributed by atoms with Crippen molar-refractivity contribution in [3.05, 3.63) is 32.3 Å². The third kappa shape index (κ3) is 3.36. The molecule has 0 aliphatic carbocycles. The van der Waals surface area contributed by atoms with E-state index in [4.69, 9.17) is 0 Å². The number of hydrogen-bond acceptors (Lipinski definition) is 6. The van der Waals surface area contributed by atoms with Gasteiger partial charge in [-0.1, -0.05) is 41.5 Å². The van der Waals surface area contributed by atoms with Crippen molar-refractivity contribution in [1.82, 2.24) is 0 Å². The lowest BCUT2D eigenvalue weighted by atomic mass is 9.92. The largest absolute Gasteiger partial charge is 0.192 e. The topological polar surface area (TPSA) is 95.2 Å². The van der Waals surface area contributed by atoms with Crippen LogP contribution in [0.25, 0.3) is 31.3 Å². The van der Waals surface area contributed by atoms with Crippen molar-refractivity contribution in [2.45, 2.75) is 52.4 Å². The summed E-state index contributed by atoms with van der Waals surface area (Å²) < 4.78 is 1.57. The third-order valence-corrected chi connectivity index (χ3v) is 8.04. The molecule has 0 saturated heterocycles. The van der Waals surface area contributed by atoms with Crippen LogP contribution in [-0.2, 0) is 10.8 Å². The van der Waals surface area contributed by atoms with Gasteiger partial charge < -0.3 is 0 Å². The Hall–Kier alpha value is -3.16. The maximum absolute atomic E-state index is 9.69. The van der Waals surface area contributed by atoms with Crippen LogP contribution in [0.1, 0.15) is 51.3 Å². The highest BCUT2D eigenvalue weighted by atomic mass is 32.1. The molecule has 30 heavy (non-hydrogen) atoms. The molecule has 0 atom stereocenters. The van der Waals surface area contributed by atoms with Gasteiger partial charge in [0, 0.05) is 40.4 Å². The van der Waals surface area contributed by atoms with E-state index in [0.717, 1.165) is 29.9 Å². The van der Waals surface area contributed by atoms with Crippen LogP contribution in [0.5, 0.6) is 0 Å². The highest BCUT2D eigenvalue weighted by molar-refractivity contribution is 7.21. The second-order valence-electron chi connectivity index (χ2n) is 9.15. The SMILES string of the molecule is CC(C)(C)c1cc2c(=C(C#N)C#N)c3cc(C(C)(C)C)sc3c(=C(C#N)C#N)c2s1. The minimum Gasteiger partial charge on any atom is -0.192 e. The number of benzene rings is 1. The fourth-order valence-electron chi connectivity index (χ4n) is 3.28. The molecule has 0 radical (unpaired) electrons. The molecule has 0 amide bonds. The van der Waals surface area contributed by atoms with Gasteiger partial charge in [0.25, 0.3) is 0 Å². The lowest BCUT2D eigenvalue weighted by Gasteiger charge is -2.15. The van der Waals surface area contributed by atoms with Crippen LogP contribution < -0.4 is 10.4 Å². The summed E-state index contributed by atoms with van der Waals surface area (Å²) in [5, 5.41) is 41.5. The molecule has 0 saturated carbocycles. The first-order valence-electron chi connectivity index (χ1n) is 9.37. The molecule has 148 valence electrons. The standard InChI is InChI=1S/C24H20N4S2/c1-23(2,3)17-7-15-19(13(9-25)10-26)16-8-18(24(4,5)6)30-22(16)20(21(15)29-17)14(11-27)12-28/h7-8H,1-6H3. The predicted octanol–water partition coefficient (Wildman–Crippen LogP) is 5.11. The van der Waals surface area contributed by atoms with E-state index in [2.05, 4.69) is 65.8 Å². The smallest absolute Gasteiger partial charge is 0.139 e. The molecule has 3 rings (SSSR count). The Labute approximate surface area is 183 Å². The molecule has 0 N–H and O–H groups in total. The van der Waals surface area contributed by atoms with Crippen LogP contribution in [-0.4, -0.2) is 0 Å². The molecule has 4 nitrogen and oxygen atoms in total. The van der Waals surface area contributed by atoms with E-state index in [-0.39, 0.29) is 22.0 Å². The zero-order chi connectivity index (χ0) is 22.4. The summed E-state index contributed by atoms with van der Waals surface area (Å²) in [6.45, 7) is 12.6. The van der Waals surface area contributed by atoms with Crippen LogP contribution in [0.3, 0.4) is 0 Å². The summed E-state index contributed by atoms with van der Waals surface area (Å²) in [6, 6.07) is 12.2. The quantitative estimate of drug-likeness (QED) is 0.497. The highest BCUT2D eigenvalue weighted by Crippen LogP contribution is 2.37. The molecule has 0 spiro atoms. The van der Waals surface area contributed by atoms with E-state index in [1.807, 2.05) is 12.1 Å². The van der Waals surface area contributed by atoms with Gasteiger partial charge >= 0.3 is 0 Å². The van der Waals surface area contributed by atoms with Crippen LogP contribution in [0.15, 0.2) is 12.1 Å². The summed E-state index contributed by atoms with van der Waals surface area (Å²) in [4.78, 5) is 2.14. The van der Waals surface area contributed by atoms with Crippen molar-refractivity contribution in [2.75, 3.05) is 0 Å². The first-order valence-corrected chi connectivity index (χ1v) is 11.0. The Balaban J connectivity index is 2.86. The minimum absolute atomic E-state index is 0.0449. The number of thiophene rings is 2. The summed E-state index contributed by atoms with van der Waals surface area (Å²) in [6.07, 6.45) is 0. The molecular weight excluding hydrogens is 408 g/mol. The van der Waals surface area contributed by atoms with Gasteiger partial charge in [-0.25, -0.2) is 0 Å². The van der Waals surface area contributed by atoms with Crippen molar-refractivity contribution in [1.29, 1.82) is 21.0 Å². The van der Waals surface area contributed by atoms with E-state index >= 15 is 0 Å². The van der Waals surface area contributed by atoms with Crippen molar-refractivity contribution < 1.29 is 0 Å². The van der Waals surface area contributed by atoms with E-state index in [1.54, 1.807) is 0 Å². The monoisotopic (exact) mass is 428 g/mol. The highest BCUT2D eigenvalue weighted by Gasteiger charge is 2.24. The molecular formula is C24H20N4S2. The van der Waals surface area contributed by atoms with E-state index < -0.39 is 0 Å². The maximum Gasteiger partial charge on any atom is 0.139 e. The fraction of sp³-hybridized carbons (Fsp3) is 0.333. The molecule has 0 bridgehead atoms. The third-order valence-electron chi connectivity index (χ3n) is 4.88. The van der Waals surface area contributed by atoms with Gasteiger partial charge in [-0.3, -0.25) is 0 Å². The number of rotatable bonds is 0. The van der Waals surface area contributed by atoms with Crippen molar-refractivity contribution in [3.63, 3.8) is 0 Å². The molecule has 0 aliphatic rings. The lowest BCUT2D eigenvalue weighted by Crippen LogP contribution is -2.15. The Morgan fingerprint density at radius 2 is 0.967 bits per heavy atom. The van der Waals surface area contributed by atoms with Gasteiger partial charge in [0.05, 0.1) is 0 Å². The lowest BCUT2D eigenvalue weighted by molar-refractivity contribution is 0.604. The second-order valence-corrected chi connectivity index (χ2v) is 11.3. The second kappa shape index (κ2) is 7.27. The average Bonchev–Trinajstić information content (AvgIpc) is 3.29. The first kappa shape index (κ1) is 21.5. The molecule has 6 heteroatoms. The Bertz CT molecular complexity index is 1280. The predicted molar refractivity (Wildman–Crippen MR) is 123 cm³/mol. The Morgan fingerprint density at radius 1 is 0.633 bits per heavy atom. The Kier molecular flexibility index (Phi) is 5.22. The van der Waals surface area contributed by atoms with E-state index in [1.165, 1.54) is 22.7 Å². The van der Waals surface area contributed by atoms with E-state index in [9.17, 15) is 21.0 Å². The van der Waals surface area contributed by atoms with Gasteiger partial charge in [0.1, 0.15) is 35.4 Å². The van der Waals surface area contributed by atoms with Gasteiger partial charge in [-0.05, 0) is 23.0 Å². The van der Waals surface area contributed by atoms with Crippen LogP contribution in [0, 0.1) is 45.3 Å². The molecule has 0 aliphatic heterocycles. The van der Waals surface area contributed by atoms with Gasteiger partial charge in [-0.15, -0.1) is 22.7 Å². The number of nitrogens with zero attached hydrogens (tertiary/aromatic N) is 4. The molecule has 0 fully saturated rings. The number of fused-ring (bicyclic) bond motifs is 2. The van der Waals surface area contributed by atoms with Crippen molar-refractivity contribution >= 4 is 54.0 Å². The molecule has 1 aromatic carbocycles. The number of nitriles is 4. The van der Waals surface area contributed by atoms with Crippen LogP contribution >= 0.6 is 22.7 Å². The van der Waals surface area contributed by atoms with Crippen molar-refractivity contribution in [2.24, 2.45) is 0 Å². The van der Waals surface area contributed by atoms with Crippen LogP contribution in [0.2, 0.25) is 0 Å². The summed E-state index contributed by atoms with van der Waals surface area (Å²) in [5.41, 5.74) is -0.206. The van der Waals surface area contributed by atoms with Crippen LogP contribution in [0.4, 0.5) is 0 Å². The summed E-state index contributed by atoms with van der Waals surface area (Å²) in [5.74, 6) is 0. The first-order chi connectivity index (χ1) is 14.0. The molecule has 3 aromatic rings. The van der Waals surface area contributed by atoms with Gasteiger partial charge in [0.15, 0.2) is 0 Å². The van der Waals surface area contributed by atoms with Gasteiger partial charge in [0.2, 0.25) is 0 Å². The zero-order valence-corrected chi connectivity index (χ0v) is 19.4. The van der Waals surface area contributed by atoms with Gasteiger partial charge in [-0.2, -0.15) is 21.0 Å². The normalized spacial score (nSPS) is 11.5. The van der Waals surface area contributed by atoms with Crippen molar-refractivity contribution in [3.8, 4) is 24.3 Å². The molecule has 2 heterocycles. The minimum atomic E-state index is -0.152.